The van der Waals surface area contributed by atoms with E-state index in [0.29, 0.717) is 6.54 Å². The molecule has 0 aliphatic heterocycles. The summed E-state index contributed by atoms with van der Waals surface area (Å²) in [6.45, 7) is 0.700. The van der Waals surface area contributed by atoms with Crippen LogP contribution in [0.3, 0.4) is 0 Å². The highest BCUT2D eigenvalue weighted by atomic mass is 79.9. The lowest BCUT2D eigenvalue weighted by Gasteiger charge is -2.20. The summed E-state index contributed by atoms with van der Waals surface area (Å²) in [6, 6.07) is 12.5. The molecule has 0 aliphatic rings. The SMILES string of the molecule is COc1ccc(CN(C)c2cccc(F)c2)cc1Br. The number of nitrogens with zero attached hydrogens (tertiary/aromatic N) is 1. The van der Waals surface area contributed by atoms with Crippen molar-refractivity contribution in [2.45, 2.75) is 6.54 Å². The van der Waals surface area contributed by atoms with Crippen molar-refractivity contribution in [3.8, 4) is 5.75 Å². The lowest BCUT2D eigenvalue weighted by atomic mass is 10.2. The van der Waals surface area contributed by atoms with Gasteiger partial charge in [-0.15, -0.1) is 0 Å². The first-order valence-electron chi connectivity index (χ1n) is 5.89. The normalized spacial score (nSPS) is 10.3. The Labute approximate surface area is 120 Å². The van der Waals surface area contributed by atoms with E-state index in [1.807, 2.05) is 36.2 Å². The van der Waals surface area contributed by atoms with E-state index in [1.165, 1.54) is 12.1 Å². The van der Waals surface area contributed by atoms with E-state index in [2.05, 4.69) is 15.9 Å². The fourth-order valence-electron chi connectivity index (χ4n) is 1.89. The molecule has 19 heavy (non-hydrogen) atoms. The molecule has 0 fully saturated rings. The molecular weight excluding hydrogens is 309 g/mol. The predicted octanol–water partition coefficient (Wildman–Crippen LogP) is 4.23. The summed E-state index contributed by atoms with van der Waals surface area (Å²) in [5.74, 6) is 0.581. The monoisotopic (exact) mass is 323 g/mol. The molecule has 0 spiro atoms. The lowest BCUT2D eigenvalue weighted by molar-refractivity contribution is 0.412. The number of hydrogen-bond donors (Lipinski definition) is 0. The average molecular weight is 324 g/mol. The van der Waals surface area contributed by atoms with Gasteiger partial charge in [0.15, 0.2) is 0 Å². The van der Waals surface area contributed by atoms with Gasteiger partial charge in [-0.3, -0.25) is 0 Å². The van der Waals surface area contributed by atoms with Crippen LogP contribution in [0.15, 0.2) is 46.9 Å². The van der Waals surface area contributed by atoms with Crippen molar-refractivity contribution < 1.29 is 9.13 Å². The molecule has 2 nitrogen and oxygen atoms in total. The highest BCUT2D eigenvalue weighted by Crippen LogP contribution is 2.26. The summed E-state index contributed by atoms with van der Waals surface area (Å²) in [5, 5.41) is 0. The second-order valence-electron chi connectivity index (χ2n) is 4.30. The van der Waals surface area contributed by atoms with Crippen LogP contribution in [0.4, 0.5) is 10.1 Å². The molecule has 0 bridgehead atoms. The Morgan fingerprint density at radius 2 is 2.00 bits per heavy atom. The summed E-state index contributed by atoms with van der Waals surface area (Å²) in [7, 11) is 3.57. The fraction of sp³-hybridized carbons (Fsp3) is 0.200. The molecule has 2 aromatic rings. The van der Waals surface area contributed by atoms with E-state index >= 15 is 0 Å². The van der Waals surface area contributed by atoms with Gasteiger partial charge in [0.1, 0.15) is 11.6 Å². The Hall–Kier alpha value is -1.55. The third-order valence-electron chi connectivity index (χ3n) is 2.88. The van der Waals surface area contributed by atoms with Crippen LogP contribution in [-0.2, 0) is 6.54 Å². The smallest absolute Gasteiger partial charge is 0.133 e. The average Bonchev–Trinajstić information content (AvgIpc) is 2.39. The Morgan fingerprint density at radius 1 is 1.21 bits per heavy atom. The molecular formula is C15H15BrFNO. The Balaban J connectivity index is 2.14. The maximum atomic E-state index is 13.2. The molecule has 0 heterocycles. The van der Waals surface area contributed by atoms with Crippen molar-refractivity contribution >= 4 is 21.6 Å². The summed E-state index contributed by atoms with van der Waals surface area (Å²) < 4.78 is 19.3. The Morgan fingerprint density at radius 3 is 2.63 bits per heavy atom. The minimum atomic E-state index is -0.222. The predicted molar refractivity (Wildman–Crippen MR) is 79.2 cm³/mol. The topological polar surface area (TPSA) is 12.5 Å². The van der Waals surface area contributed by atoms with Gasteiger partial charge in [0.25, 0.3) is 0 Å². The molecule has 0 aliphatic carbocycles. The standard InChI is InChI=1S/C15H15BrFNO/c1-18(13-5-3-4-12(17)9-13)10-11-6-7-15(19-2)14(16)8-11/h3-9H,10H2,1-2H3. The van der Waals surface area contributed by atoms with Crippen LogP contribution in [-0.4, -0.2) is 14.2 Å². The van der Waals surface area contributed by atoms with Gasteiger partial charge in [0.05, 0.1) is 11.6 Å². The van der Waals surface area contributed by atoms with Gasteiger partial charge in [0, 0.05) is 19.3 Å². The fourth-order valence-corrected chi connectivity index (χ4v) is 2.48. The first-order chi connectivity index (χ1) is 9.10. The van der Waals surface area contributed by atoms with Crippen LogP contribution in [0.2, 0.25) is 0 Å². The molecule has 2 aromatic carbocycles. The number of ether oxygens (including phenoxy) is 1. The minimum absolute atomic E-state index is 0.222. The van der Waals surface area contributed by atoms with E-state index < -0.39 is 0 Å². The third-order valence-corrected chi connectivity index (χ3v) is 3.50. The van der Waals surface area contributed by atoms with E-state index in [1.54, 1.807) is 13.2 Å². The molecule has 0 aromatic heterocycles. The van der Waals surface area contributed by atoms with E-state index in [-0.39, 0.29) is 5.82 Å². The quantitative estimate of drug-likeness (QED) is 0.834. The Kier molecular flexibility index (Phi) is 4.43. The number of methoxy groups -OCH3 is 1. The molecule has 0 unspecified atom stereocenters. The van der Waals surface area contributed by atoms with Crippen molar-refractivity contribution in [1.29, 1.82) is 0 Å². The second kappa shape index (κ2) is 6.06. The van der Waals surface area contributed by atoms with E-state index in [9.17, 15) is 4.39 Å². The second-order valence-corrected chi connectivity index (χ2v) is 5.16. The van der Waals surface area contributed by atoms with Crippen molar-refractivity contribution in [2.75, 3.05) is 19.1 Å². The van der Waals surface area contributed by atoms with Crippen LogP contribution in [0.1, 0.15) is 5.56 Å². The molecule has 100 valence electrons. The van der Waals surface area contributed by atoms with Gasteiger partial charge in [0.2, 0.25) is 0 Å². The van der Waals surface area contributed by atoms with Gasteiger partial charge >= 0.3 is 0 Å². The number of halogens is 2. The zero-order valence-electron chi connectivity index (χ0n) is 10.9. The largest absolute Gasteiger partial charge is 0.496 e. The number of benzene rings is 2. The highest BCUT2D eigenvalue weighted by molar-refractivity contribution is 9.10. The first-order valence-corrected chi connectivity index (χ1v) is 6.68. The molecule has 0 amide bonds. The van der Waals surface area contributed by atoms with E-state index in [4.69, 9.17) is 4.74 Å². The van der Waals surface area contributed by atoms with E-state index in [0.717, 1.165) is 21.5 Å². The number of hydrogen-bond acceptors (Lipinski definition) is 2. The van der Waals surface area contributed by atoms with Gasteiger partial charge in [-0.1, -0.05) is 12.1 Å². The van der Waals surface area contributed by atoms with Crippen molar-refractivity contribution in [1.82, 2.24) is 0 Å². The molecule has 0 saturated heterocycles. The Bertz CT molecular complexity index is 574. The molecule has 0 N–H and O–H groups in total. The van der Waals surface area contributed by atoms with Crippen LogP contribution in [0.5, 0.6) is 5.75 Å². The van der Waals surface area contributed by atoms with Crippen LogP contribution in [0.25, 0.3) is 0 Å². The summed E-state index contributed by atoms with van der Waals surface area (Å²) in [5.41, 5.74) is 1.98. The molecule has 0 saturated carbocycles. The van der Waals surface area contributed by atoms with Gasteiger partial charge in [-0.2, -0.15) is 0 Å². The molecule has 4 heteroatoms. The van der Waals surface area contributed by atoms with Gasteiger partial charge in [-0.25, -0.2) is 4.39 Å². The molecule has 2 rings (SSSR count). The van der Waals surface area contributed by atoms with Crippen LogP contribution < -0.4 is 9.64 Å². The third kappa shape index (κ3) is 3.47. The summed E-state index contributed by atoms with van der Waals surface area (Å²) in [6.07, 6.45) is 0. The maximum absolute atomic E-state index is 13.2. The first kappa shape index (κ1) is 13.9. The van der Waals surface area contributed by atoms with Crippen molar-refractivity contribution in [3.63, 3.8) is 0 Å². The minimum Gasteiger partial charge on any atom is -0.496 e. The highest BCUT2D eigenvalue weighted by Gasteiger charge is 2.06. The van der Waals surface area contributed by atoms with Gasteiger partial charge in [-0.05, 0) is 51.8 Å². The number of anilines is 1. The molecule has 0 radical (unpaired) electrons. The zero-order chi connectivity index (χ0) is 13.8. The number of rotatable bonds is 4. The summed E-state index contributed by atoms with van der Waals surface area (Å²) in [4.78, 5) is 2.00. The zero-order valence-corrected chi connectivity index (χ0v) is 12.4. The molecule has 0 atom stereocenters. The van der Waals surface area contributed by atoms with Gasteiger partial charge < -0.3 is 9.64 Å². The summed E-state index contributed by atoms with van der Waals surface area (Å²) >= 11 is 3.46. The van der Waals surface area contributed by atoms with Crippen LogP contribution in [0, 0.1) is 5.82 Å². The lowest BCUT2D eigenvalue weighted by Crippen LogP contribution is -2.16. The van der Waals surface area contributed by atoms with Crippen molar-refractivity contribution in [2.24, 2.45) is 0 Å². The van der Waals surface area contributed by atoms with Crippen molar-refractivity contribution in [3.05, 3.63) is 58.3 Å². The van der Waals surface area contributed by atoms with Crippen LogP contribution >= 0.6 is 15.9 Å². The maximum Gasteiger partial charge on any atom is 0.133 e.